The van der Waals surface area contributed by atoms with Gasteiger partial charge in [-0.1, -0.05) is 12.6 Å². The zero-order valence-electron chi connectivity index (χ0n) is 9.59. The van der Waals surface area contributed by atoms with Gasteiger partial charge < -0.3 is 13.9 Å². The molecule has 1 heterocycles. The van der Waals surface area contributed by atoms with E-state index < -0.39 is 11.9 Å². The van der Waals surface area contributed by atoms with E-state index >= 15 is 0 Å². The molecule has 1 aromatic carbocycles. The van der Waals surface area contributed by atoms with Crippen LogP contribution in [0.15, 0.2) is 21.8 Å². The van der Waals surface area contributed by atoms with Crippen molar-refractivity contribution in [3.8, 4) is 0 Å². The molecule has 0 radical (unpaired) electrons. The van der Waals surface area contributed by atoms with Crippen molar-refractivity contribution >= 4 is 35.7 Å². The average Bonchev–Trinajstić information content (AvgIpc) is 2.75. The number of nitrogens with zero attached hydrogens (tertiary/aromatic N) is 1. The minimum Gasteiger partial charge on any atom is -0.465 e. The molecule has 0 unspecified atom stereocenters. The summed E-state index contributed by atoms with van der Waals surface area (Å²) >= 11 is 3.95. The maximum absolute atomic E-state index is 11.7. The molecule has 0 saturated carbocycles. The molecule has 0 spiro atoms. The highest BCUT2D eigenvalue weighted by molar-refractivity contribution is 7.80. The first-order valence-electron chi connectivity index (χ1n) is 4.87. The number of fused-ring (bicyclic) bond motifs is 1. The van der Waals surface area contributed by atoms with E-state index in [1.807, 2.05) is 0 Å². The van der Waals surface area contributed by atoms with Gasteiger partial charge in [-0.25, -0.2) is 14.6 Å². The van der Waals surface area contributed by atoms with Crippen molar-refractivity contribution in [1.82, 2.24) is 4.98 Å². The van der Waals surface area contributed by atoms with Gasteiger partial charge in [-0.05, 0) is 12.1 Å². The largest absolute Gasteiger partial charge is 0.465 e. The van der Waals surface area contributed by atoms with Crippen LogP contribution in [0, 0.1) is 0 Å². The Bertz CT molecular complexity index is 634. The van der Waals surface area contributed by atoms with Gasteiger partial charge in [0.1, 0.15) is 11.1 Å². The van der Waals surface area contributed by atoms with Gasteiger partial charge in [-0.2, -0.15) is 0 Å². The molecule has 0 aliphatic carbocycles. The second-order valence-electron chi connectivity index (χ2n) is 3.32. The van der Waals surface area contributed by atoms with Crippen LogP contribution in [0.2, 0.25) is 0 Å². The third-order valence-corrected chi connectivity index (χ3v) is 2.53. The Kier molecular flexibility index (Phi) is 3.24. The molecule has 0 aliphatic heterocycles. The monoisotopic (exact) mass is 267 g/mol. The number of thiol groups is 1. The summed E-state index contributed by atoms with van der Waals surface area (Å²) in [6.45, 7) is 0. The molecule has 94 valence electrons. The van der Waals surface area contributed by atoms with Crippen molar-refractivity contribution in [2.24, 2.45) is 0 Å². The Balaban J connectivity index is 2.78. The number of oxazole rings is 1. The maximum atomic E-state index is 11.7. The molecule has 0 aliphatic rings. The Morgan fingerprint density at radius 1 is 1.22 bits per heavy atom. The number of esters is 2. The Morgan fingerprint density at radius 3 is 2.50 bits per heavy atom. The normalized spacial score (nSPS) is 10.4. The van der Waals surface area contributed by atoms with E-state index in [9.17, 15) is 9.59 Å². The Hall–Kier alpha value is -2.02. The van der Waals surface area contributed by atoms with E-state index in [1.165, 1.54) is 26.4 Å². The molecule has 2 aromatic rings. The molecule has 18 heavy (non-hydrogen) atoms. The molecule has 0 amide bonds. The van der Waals surface area contributed by atoms with Crippen molar-refractivity contribution in [3.63, 3.8) is 0 Å². The summed E-state index contributed by atoms with van der Waals surface area (Å²) in [4.78, 5) is 27.3. The van der Waals surface area contributed by atoms with Gasteiger partial charge in [0.2, 0.25) is 0 Å². The summed E-state index contributed by atoms with van der Waals surface area (Å²) in [6.07, 6.45) is 0. The smallest absolute Gasteiger partial charge is 0.342 e. The minimum absolute atomic E-state index is 0.0188. The zero-order chi connectivity index (χ0) is 13.3. The fraction of sp³-hybridized carbons (Fsp3) is 0.182. The number of hydrogen-bond acceptors (Lipinski definition) is 7. The number of ether oxygens (including phenoxy) is 2. The second kappa shape index (κ2) is 4.69. The Morgan fingerprint density at radius 2 is 1.89 bits per heavy atom. The number of aromatic nitrogens is 1. The third-order valence-electron chi connectivity index (χ3n) is 2.34. The van der Waals surface area contributed by atoms with E-state index in [2.05, 4.69) is 27.1 Å². The van der Waals surface area contributed by atoms with Gasteiger partial charge in [0.25, 0.3) is 5.22 Å². The van der Waals surface area contributed by atoms with Crippen LogP contribution in [-0.4, -0.2) is 31.1 Å². The van der Waals surface area contributed by atoms with Crippen LogP contribution < -0.4 is 0 Å². The van der Waals surface area contributed by atoms with Gasteiger partial charge in [-0.15, -0.1) is 0 Å². The van der Waals surface area contributed by atoms with Crippen molar-refractivity contribution in [2.75, 3.05) is 14.2 Å². The fourth-order valence-electron chi connectivity index (χ4n) is 1.56. The fourth-order valence-corrected chi connectivity index (χ4v) is 1.76. The molecular formula is C11H9NO5S. The average molecular weight is 267 g/mol. The molecule has 7 heteroatoms. The van der Waals surface area contributed by atoms with Gasteiger partial charge in [0.15, 0.2) is 5.58 Å². The predicted octanol–water partition coefficient (Wildman–Crippen LogP) is 1.69. The molecule has 0 atom stereocenters. The van der Waals surface area contributed by atoms with E-state index in [-0.39, 0.29) is 21.9 Å². The van der Waals surface area contributed by atoms with Crippen LogP contribution >= 0.6 is 12.6 Å². The number of benzene rings is 1. The van der Waals surface area contributed by atoms with E-state index in [0.717, 1.165) is 0 Å². The summed E-state index contributed by atoms with van der Waals surface area (Å²) < 4.78 is 14.4. The van der Waals surface area contributed by atoms with Crippen molar-refractivity contribution < 1.29 is 23.5 Å². The second-order valence-corrected chi connectivity index (χ2v) is 3.70. The number of carbonyl (C=O) groups excluding carboxylic acids is 2. The van der Waals surface area contributed by atoms with Crippen LogP contribution in [-0.2, 0) is 9.47 Å². The highest BCUT2D eigenvalue weighted by Gasteiger charge is 2.24. The van der Waals surface area contributed by atoms with E-state index in [4.69, 9.17) is 4.42 Å². The van der Waals surface area contributed by atoms with Crippen LogP contribution in [0.5, 0.6) is 0 Å². The van der Waals surface area contributed by atoms with Crippen molar-refractivity contribution in [1.29, 1.82) is 0 Å². The van der Waals surface area contributed by atoms with Crippen LogP contribution in [0.4, 0.5) is 0 Å². The zero-order valence-corrected chi connectivity index (χ0v) is 10.5. The predicted molar refractivity (Wildman–Crippen MR) is 63.9 cm³/mol. The minimum atomic E-state index is -0.703. The lowest BCUT2D eigenvalue weighted by Crippen LogP contribution is -2.12. The van der Waals surface area contributed by atoms with Crippen LogP contribution in [0.1, 0.15) is 20.7 Å². The first kappa shape index (κ1) is 12.4. The van der Waals surface area contributed by atoms with Gasteiger partial charge in [-0.3, -0.25) is 0 Å². The molecule has 2 rings (SSSR count). The summed E-state index contributed by atoms with van der Waals surface area (Å²) in [5, 5.41) is 0.0946. The number of rotatable bonds is 2. The van der Waals surface area contributed by atoms with Crippen molar-refractivity contribution in [3.05, 3.63) is 23.3 Å². The molecule has 0 bridgehead atoms. The van der Waals surface area contributed by atoms with E-state index in [0.29, 0.717) is 5.52 Å². The van der Waals surface area contributed by atoms with Gasteiger partial charge in [0, 0.05) is 0 Å². The lowest BCUT2D eigenvalue weighted by molar-refractivity contribution is 0.0556. The van der Waals surface area contributed by atoms with E-state index in [1.54, 1.807) is 0 Å². The standard InChI is InChI=1S/C11H9NO5S/c1-15-9(13)5-3-4-6-8(17-11(18)12-6)7(5)10(14)16-2/h3-4H,1-2H3,(H,12,18). The lowest BCUT2D eigenvalue weighted by Gasteiger charge is -2.05. The highest BCUT2D eigenvalue weighted by atomic mass is 32.1. The first-order chi connectivity index (χ1) is 8.58. The van der Waals surface area contributed by atoms with Gasteiger partial charge >= 0.3 is 11.9 Å². The van der Waals surface area contributed by atoms with Gasteiger partial charge in [0.05, 0.1) is 19.8 Å². The number of hydrogen-bond donors (Lipinski definition) is 1. The van der Waals surface area contributed by atoms with Crippen LogP contribution in [0.25, 0.3) is 11.1 Å². The lowest BCUT2D eigenvalue weighted by atomic mass is 10.1. The van der Waals surface area contributed by atoms with Crippen molar-refractivity contribution in [2.45, 2.75) is 5.22 Å². The summed E-state index contributed by atoms with van der Waals surface area (Å²) in [7, 11) is 2.43. The first-order valence-corrected chi connectivity index (χ1v) is 5.32. The molecular weight excluding hydrogens is 258 g/mol. The number of carbonyl (C=O) groups is 2. The topological polar surface area (TPSA) is 78.6 Å². The highest BCUT2D eigenvalue weighted by Crippen LogP contribution is 2.26. The van der Waals surface area contributed by atoms with Crippen LogP contribution in [0.3, 0.4) is 0 Å². The molecule has 0 fully saturated rings. The Labute approximate surface area is 107 Å². The summed E-state index contributed by atoms with van der Waals surface area (Å²) in [5.74, 6) is -1.36. The summed E-state index contributed by atoms with van der Waals surface area (Å²) in [5.41, 5.74) is 0.596. The molecule has 6 nitrogen and oxygen atoms in total. The quantitative estimate of drug-likeness (QED) is 0.659. The maximum Gasteiger partial charge on any atom is 0.342 e. The number of methoxy groups -OCH3 is 2. The molecule has 1 aromatic heterocycles. The third kappa shape index (κ3) is 1.92. The molecule has 0 N–H and O–H groups in total. The SMILES string of the molecule is COC(=O)c1ccc2nc(S)oc2c1C(=O)OC. The summed E-state index contributed by atoms with van der Waals surface area (Å²) in [6, 6.07) is 2.97. The molecule has 0 saturated heterocycles.